The lowest BCUT2D eigenvalue weighted by Crippen LogP contribution is -2.11. The molecule has 1 aliphatic rings. The first-order chi connectivity index (χ1) is 8.16. The van der Waals surface area contributed by atoms with E-state index in [0.717, 1.165) is 36.0 Å². The first kappa shape index (κ1) is 11.8. The van der Waals surface area contributed by atoms with E-state index in [0.29, 0.717) is 12.8 Å². The second-order valence-corrected chi connectivity index (χ2v) is 4.52. The van der Waals surface area contributed by atoms with Gasteiger partial charge in [0.15, 0.2) is 5.78 Å². The Labute approximate surface area is 100 Å². The molecule has 0 radical (unpaired) electrons. The predicted octanol–water partition coefficient (Wildman–Crippen LogP) is 2.61. The fourth-order valence-corrected chi connectivity index (χ4v) is 2.27. The fourth-order valence-electron chi connectivity index (χ4n) is 2.27. The Bertz CT molecular complexity index is 449. The summed E-state index contributed by atoms with van der Waals surface area (Å²) in [6.07, 6.45) is 4.12. The third-order valence-electron chi connectivity index (χ3n) is 3.18. The Kier molecular flexibility index (Phi) is 3.57. The first-order valence-corrected chi connectivity index (χ1v) is 6.03. The highest BCUT2D eigenvalue weighted by Gasteiger charge is 2.16. The van der Waals surface area contributed by atoms with Gasteiger partial charge >= 0.3 is 5.97 Å². The summed E-state index contributed by atoms with van der Waals surface area (Å²) in [5, 5.41) is 8.57. The zero-order valence-electron chi connectivity index (χ0n) is 9.74. The van der Waals surface area contributed by atoms with Crippen molar-refractivity contribution in [2.24, 2.45) is 0 Å². The number of benzene rings is 1. The summed E-state index contributed by atoms with van der Waals surface area (Å²) in [5.74, 6) is -0.537. The molecule has 3 nitrogen and oxygen atoms in total. The quantitative estimate of drug-likeness (QED) is 0.868. The molecule has 0 atom stereocenters. The van der Waals surface area contributed by atoms with Crippen molar-refractivity contribution >= 4 is 11.8 Å². The Morgan fingerprint density at radius 2 is 2.12 bits per heavy atom. The Morgan fingerprint density at radius 3 is 2.88 bits per heavy atom. The molecule has 1 aliphatic carbocycles. The standard InChI is InChI=1S/C14H16O3/c15-13-5-2-4-11-8-7-10(9-12(11)13)3-1-6-14(16)17/h7-9H,1-6H2,(H,16,17). The van der Waals surface area contributed by atoms with Gasteiger partial charge in [0.25, 0.3) is 0 Å². The minimum atomic E-state index is -0.765. The van der Waals surface area contributed by atoms with E-state index in [1.54, 1.807) is 0 Å². The molecule has 1 aromatic carbocycles. The van der Waals surface area contributed by atoms with Crippen molar-refractivity contribution in [1.82, 2.24) is 0 Å². The molecule has 1 N–H and O–H groups in total. The van der Waals surface area contributed by atoms with Gasteiger partial charge in [-0.1, -0.05) is 12.1 Å². The van der Waals surface area contributed by atoms with Crippen LogP contribution in [0.3, 0.4) is 0 Å². The minimum Gasteiger partial charge on any atom is -0.481 e. The number of carbonyl (C=O) groups is 2. The van der Waals surface area contributed by atoms with Crippen LogP contribution in [0.15, 0.2) is 18.2 Å². The number of aryl methyl sites for hydroxylation is 2. The van der Waals surface area contributed by atoms with Crippen LogP contribution < -0.4 is 0 Å². The first-order valence-electron chi connectivity index (χ1n) is 6.03. The number of hydrogen-bond acceptors (Lipinski definition) is 2. The van der Waals surface area contributed by atoms with Crippen LogP contribution in [0.5, 0.6) is 0 Å². The van der Waals surface area contributed by atoms with Gasteiger partial charge in [0.05, 0.1) is 0 Å². The van der Waals surface area contributed by atoms with Gasteiger partial charge in [-0.3, -0.25) is 9.59 Å². The van der Waals surface area contributed by atoms with Crippen LogP contribution in [0.1, 0.15) is 47.2 Å². The molecule has 3 heteroatoms. The summed E-state index contributed by atoms with van der Waals surface area (Å²) in [5.41, 5.74) is 3.06. The van der Waals surface area contributed by atoms with Gasteiger partial charge in [0.2, 0.25) is 0 Å². The number of hydrogen-bond donors (Lipinski definition) is 1. The normalized spacial score (nSPS) is 14.5. The number of ketones is 1. The summed E-state index contributed by atoms with van der Waals surface area (Å²) >= 11 is 0. The third kappa shape index (κ3) is 2.93. The van der Waals surface area contributed by atoms with Gasteiger partial charge in [-0.25, -0.2) is 0 Å². The summed E-state index contributed by atoms with van der Waals surface area (Å²) in [7, 11) is 0. The fraction of sp³-hybridized carbons (Fsp3) is 0.429. The molecule has 0 spiro atoms. The maximum Gasteiger partial charge on any atom is 0.303 e. The average Bonchev–Trinajstić information content (AvgIpc) is 2.30. The predicted molar refractivity (Wildman–Crippen MR) is 64.3 cm³/mol. The van der Waals surface area contributed by atoms with Crippen molar-refractivity contribution in [2.45, 2.75) is 38.5 Å². The number of carbonyl (C=O) groups excluding carboxylic acids is 1. The number of aliphatic carboxylic acids is 1. The van der Waals surface area contributed by atoms with E-state index < -0.39 is 5.97 Å². The van der Waals surface area contributed by atoms with Crippen LogP contribution in [0.25, 0.3) is 0 Å². The van der Waals surface area contributed by atoms with Gasteiger partial charge < -0.3 is 5.11 Å². The molecule has 0 aliphatic heterocycles. The summed E-state index contributed by atoms with van der Waals surface area (Å²) in [6, 6.07) is 5.97. The van der Waals surface area contributed by atoms with E-state index in [1.165, 1.54) is 0 Å². The maximum absolute atomic E-state index is 11.7. The van der Waals surface area contributed by atoms with Crippen molar-refractivity contribution in [3.05, 3.63) is 34.9 Å². The molecule has 1 aromatic rings. The summed E-state index contributed by atoms with van der Waals surface area (Å²) in [6.45, 7) is 0. The van der Waals surface area contributed by atoms with Crippen LogP contribution in [0, 0.1) is 0 Å². The second-order valence-electron chi connectivity index (χ2n) is 4.52. The molecule has 0 unspecified atom stereocenters. The molecular weight excluding hydrogens is 216 g/mol. The Morgan fingerprint density at radius 1 is 1.29 bits per heavy atom. The number of carboxylic acid groups (broad SMARTS) is 1. The molecule has 0 heterocycles. The second kappa shape index (κ2) is 5.13. The number of carboxylic acids is 1. The molecule has 0 amide bonds. The highest BCUT2D eigenvalue weighted by atomic mass is 16.4. The van der Waals surface area contributed by atoms with Crippen molar-refractivity contribution < 1.29 is 14.7 Å². The van der Waals surface area contributed by atoms with Gasteiger partial charge in [-0.05, 0) is 42.9 Å². The zero-order chi connectivity index (χ0) is 12.3. The van der Waals surface area contributed by atoms with E-state index >= 15 is 0 Å². The zero-order valence-corrected chi connectivity index (χ0v) is 9.74. The van der Waals surface area contributed by atoms with Gasteiger partial charge in [0, 0.05) is 18.4 Å². The third-order valence-corrected chi connectivity index (χ3v) is 3.18. The summed E-state index contributed by atoms with van der Waals surface area (Å²) < 4.78 is 0. The highest BCUT2D eigenvalue weighted by Crippen LogP contribution is 2.22. The van der Waals surface area contributed by atoms with Crippen molar-refractivity contribution in [1.29, 1.82) is 0 Å². The van der Waals surface area contributed by atoms with Crippen LogP contribution in [-0.2, 0) is 17.6 Å². The minimum absolute atomic E-state index is 0.186. The lowest BCUT2D eigenvalue weighted by atomic mass is 9.88. The molecule has 0 saturated heterocycles. The largest absolute Gasteiger partial charge is 0.481 e. The molecule has 90 valence electrons. The van der Waals surface area contributed by atoms with E-state index in [9.17, 15) is 9.59 Å². The molecule has 0 aromatic heterocycles. The van der Waals surface area contributed by atoms with Crippen molar-refractivity contribution in [3.8, 4) is 0 Å². The highest BCUT2D eigenvalue weighted by molar-refractivity contribution is 5.98. The molecule has 0 bridgehead atoms. The van der Waals surface area contributed by atoms with Gasteiger partial charge in [0.1, 0.15) is 0 Å². The van der Waals surface area contributed by atoms with E-state index in [2.05, 4.69) is 0 Å². The van der Waals surface area contributed by atoms with Crippen molar-refractivity contribution in [3.63, 3.8) is 0 Å². The summed E-state index contributed by atoms with van der Waals surface area (Å²) in [4.78, 5) is 22.1. The van der Waals surface area contributed by atoms with Gasteiger partial charge in [-0.2, -0.15) is 0 Å². The van der Waals surface area contributed by atoms with E-state index in [1.807, 2.05) is 18.2 Å². The van der Waals surface area contributed by atoms with Crippen LogP contribution >= 0.6 is 0 Å². The lowest BCUT2D eigenvalue weighted by Gasteiger charge is -2.15. The van der Waals surface area contributed by atoms with Crippen LogP contribution in [-0.4, -0.2) is 16.9 Å². The monoisotopic (exact) mass is 232 g/mol. The molecule has 0 saturated carbocycles. The maximum atomic E-state index is 11.7. The SMILES string of the molecule is O=C(O)CCCc1ccc2c(c1)C(=O)CCC2. The van der Waals surface area contributed by atoms with Crippen LogP contribution in [0.4, 0.5) is 0 Å². The topological polar surface area (TPSA) is 54.4 Å². The molecule has 0 fully saturated rings. The Balaban J connectivity index is 2.07. The van der Waals surface area contributed by atoms with E-state index in [-0.39, 0.29) is 12.2 Å². The smallest absolute Gasteiger partial charge is 0.303 e. The molecule has 2 rings (SSSR count). The number of Topliss-reactive ketones (excluding diaryl/α,β-unsaturated/α-hetero) is 1. The number of fused-ring (bicyclic) bond motifs is 1. The molecular formula is C14H16O3. The van der Waals surface area contributed by atoms with Crippen LogP contribution in [0.2, 0.25) is 0 Å². The average molecular weight is 232 g/mol. The molecule has 17 heavy (non-hydrogen) atoms. The van der Waals surface area contributed by atoms with Crippen molar-refractivity contribution in [2.75, 3.05) is 0 Å². The number of rotatable bonds is 4. The van der Waals surface area contributed by atoms with Gasteiger partial charge in [-0.15, -0.1) is 0 Å². The van der Waals surface area contributed by atoms with E-state index in [4.69, 9.17) is 5.11 Å². The lowest BCUT2D eigenvalue weighted by molar-refractivity contribution is -0.137. The Hall–Kier alpha value is -1.64.